The van der Waals surface area contributed by atoms with Crippen LogP contribution in [-0.4, -0.2) is 52.7 Å². The van der Waals surface area contributed by atoms with Gasteiger partial charge in [0.2, 0.25) is 0 Å². The summed E-state index contributed by atoms with van der Waals surface area (Å²) >= 11 is 0. The Labute approximate surface area is 204 Å². The second-order valence-electron chi connectivity index (χ2n) is 9.05. The van der Waals surface area contributed by atoms with Crippen molar-refractivity contribution in [3.63, 3.8) is 0 Å². The second-order valence-corrected chi connectivity index (χ2v) is 9.05. The Kier molecular flexibility index (Phi) is 6.68. The van der Waals surface area contributed by atoms with Crippen LogP contribution in [0.3, 0.4) is 0 Å². The SMILES string of the molecule is COc1ccc(CN2CCCC(COc3ccc(-c4nc5ccc(C(=O)O)cc5[nH]4)cc3)C2)cc1. The molecule has 5 rings (SSSR count). The molecule has 4 aromatic rings. The molecule has 7 nitrogen and oxygen atoms in total. The van der Waals surface area contributed by atoms with Crippen molar-refractivity contribution >= 4 is 17.0 Å². The van der Waals surface area contributed by atoms with E-state index in [0.717, 1.165) is 42.2 Å². The van der Waals surface area contributed by atoms with Crippen molar-refractivity contribution in [3.8, 4) is 22.9 Å². The summed E-state index contributed by atoms with van der Waals surface area (Å²) in [6, 6.07) is 21.1. The zero-order valence-corrected chi connectivity index (χ0v) is 19.7. The summed E-state index contributed by atoms with van der Waals surface area (Å²) in [4.78, 5) is 21.5. The van der Waals surface area contributed by atoms with E-state index in [-0.39, 0.29) is 5.56 Å². The lowest BCUT2D eigenvalue weighted by molar-refractivity contribution is 0.0697. The smallest absolute Gasteiger partial charge is 0.335 e. The molecule has 0 bridgehead atoms. The van der Waals surface area contributed by atoms with Gasteiger partial charge in [-0.25, -0.2) is 9.78 Å². The van der Waals surface area contributed by atoms with Gasteiger partial charge in [0.05, 0.1) is 30.3 Å². The van der Waals surface area contributed by atoms with Crippen LogP contribution in [0.4, 0.5) is 0 Å². The minimum atomic E-state index is -0.952. The second kappa shape index (κ2) is 10.2. The van der Waals surface area contributed by atoms with Crippen LogP contribution in [0.15, 0.2) is 66.7 Å². The van der Waals surface area contributed by atoms with Crippen molar-refractivity contribution in [2.75, 3.05) is 26.8 Å². The summed E-state index contributed by atoms with van der Waals surface area (Å²) < 4.78 is 11.4. The van der Waals surface area contributed by atoms with E-state index in [9.17, 15) is 9.90 Å². The van der Waals surface area contributed by atoms with Crippen LogP contribution in [0.2, 0.25) is 0 Å². The molecule has 0 saturated carbocycles. The summed E-state index contributed by atoms with van der Waals surface area (Å²) in [5.74, 6) is 1.98. The lowest BCUT2D eigenvalue weighted by Crippen LogP contribution is -2.37. The third-order valence-corrected chi connectivity index (χ3v) is 6.51. The van der Waals surface area contributed by atoms with Gasteiger partial charge in [0.1, 0.15) is 17.3 Å². The Morgan fingerprint density at radius 1 is 1.09 bits per heavy atom. The van der Waals surface area contributed by atoms with Gasteiger partial charge in [-0.15, -0.1) is 0 Å². The van der Waals surface area contributed by atoms with Gasteiger partial charge in [-0.2, -0.15) is 0 Å². The van der Waals surface area contributed by atoms with Crippen molar-refractivity contribution in [1.82, 2.24) is 14.9 Å². The van der Waals surface area contributed by atoms with E-state index < -0.39 is 5.97 Å². The number of hydrogen-bond donors (Lipinski definition) is 2. The summed E-state index contributed by atoms with van der Waals surface area (Å²) in [6.07, 6.45) is 2.35. The molecule has 1 aliphatic rings. The highest BCUT2D eigenvalue weighted by atomic mass is 16.5. The predicted molar refractivity (Wildman–Crippen MR) is 135 cm³/mol. The molecule has 1 fully saturated rings. The zero-order chi connectivity index (χ0) is 24.2. The molecular weight excluding hydrogens is 442 g/mol. The van der Waals surface area contributed by atoms with Crippen LogP contribution in [0.5, 0.6) is 11.5 Å². The molecule has 0 amide bonds. The Morgan fingerprint density at radius 2 is 1.86 bits per heavy atom. The monoisotopic (exact) mass is 471 g/mol. The summed E-state index contributed by atoms with van der Waals surface area (Å²) in [6.45, 7) is 3.78. The number of nitrogens with zero attached hydrogens (tertiary/aromatic N) is 2. The highest BCUT2D eigenvalue weighted by molar-refractivity contribution is 5.93. The number of aromatic nitrogens is 2. The van der Waals surface area contributed by atoms with Gasteiger partial charge in [0, 0.05) is 24.6 Å². The number of carbonyl (C=O) groups is 1. The van der Waals surface area contributed by atoms with E-state index in [2.05, 4.69) is 27.0 Å². The summed E-state index contributed by atoms with van der Waals surface area (Å²) in [5.41, 5.74) is 3.90. The molecule has 0 spiro atoms. The number of H-pyrrole nitrogens is 1. The largest absolute Gasteiger partial charge is 0.497 e. The lowest BCUT2D eigenvalue weighted by Gasteiger charge is -2.32. The van der Waals surface area contributed by atoms with E-state index in [1.807, 2.05) is 36.4 Å². The fourth-order valence-electron chi connectivity index (χ4n) is 4.62. The lowest BCUT2D eigenvalue weighted by atomic mass is 9.98. The number of carboxylic acids is 1. The maximum Gasteiger partial charge on any atom is 0.335 e. The normalized spacial score (nSPS) is 16.3. The molecule has 2 heterocycles. The van der Waals surface area contributed by atoms with Crippen LogP contribution in [0.25, 0.3) is 22.4 Å². The predicted octanol–water partition coefficient (Wildman–Crippen LogP) is 5.23. The van der Waals surface area contributed by atoms with Crippen LogP contribution < -0.4 is 9.47 Å². The number of aromatic carboxylic acids is 1. The van der Waals surface area contributed by atoms with Gasteiger partial charge in [-0.3, -0.25) is 4.90 Å². The van der Waals surface area contributed by atoms with E-state index in [1.54, 1.807) is 25.3 Å². The van der Waals surface area contributed by atoms with Crippen molar-refractivity contribution < 1.29 is 19.4 Å². The number of nitrogens with one attached hydrogen (secondary N) is 1. The fraction of sp³-hybridized carbons (Fsp3) is 0.286. The Hall–Kier alpha value is -3.84. The van der Waals surface area contributed by atoms with Gasteiger partial charge in [0.25, 0.3) is 0 Å². The van der Waals surface area contributed by atoms with Crippen molar-refractivity contribution in [2.45, 2.75) is 19.4 Å². The van der Waals surface area contributed by atoms with Crippen LogP contribution in [0.1, 0.15) is 28.8 Å². The van der Waals surface area contributed by atoms with Crippen LogP contribution in [-0.2, 0) is 6.54 Å². The maximum absolute atomic E-state index is 11.2. The van der Waals surface area contributed by atoms with Gasteiger partial charge in [-0.1, -0.05) is 12.1 Å². The third-order valence-electron chi connectivity index (χ3n) is 6.51. The van der Waals surface area contributed by atoms with Gasteiger partial charge in [0.15, 0.2) is 0 Å². The highest BCUT2D eigenvalue weighted by Crippen LogP contribution is 2.25. The number of fused-ring (bicyclic) bond motifs is 1. The Morgan fingerprint density at radius 3 is 2.60 bits per heavy atom. The fourth-order valence-corrected chi connectivity index (χ4v) is 4.62. The number of aromatic amines is 1. The molecule has 1 saturated heterocycles. The van der Waals surface area contributed by atoms with E-state index in [4.69, 9.17) is 9.47 Å². The number of ether oxygens (including phenoxy) is 2. The highest BCUT2D eigenvalue weighted by Gasteiger charge is 2.20. The first-order valence-electron chi connectivity index (χ1n) is 11.9. The molecule has 180 valence electrons. The summed E-state index contributed by atoms with van der Waals surface area (Å²) in [7, 11) is 1.69. The minimum absolute atomic E-state index is 0.238. The number of imidazole rings is 1. The Bertz CT molecular complexity index is 1300. The molecule has 0 aliphatic carbocycles. The van der Waals surface area contributed by atoms with E-state index >= 15 is 0 Å². The Balaban J connectivity index is 1.17. The number of benzene rings is 3. The zero-order valence-electron chi connectivity index (χ0n) is 19.7. The number of carboxylic acid groups (broad SMARTS) is 1. The van der Waals surface area contributed by atoms with Crippen LogP contribution in [0, 0.1) is 5.92 Å². The quantitative estimate of drug-likeness (QED) is 0.366. The number of piperidine rings is 1. The molecule has 3 aromatic carbocycles. The van der Waals surface area contributed by atoms with Crippen molar-refractivity contribution in [2.24, 2.45) is 5.92 Å². The number of hydrogen-bond acceptors (Lipinski definition) is 5. The standard InChI is InChI=1S/C28H29N3O4/c1-34-23-9-4-19(5-10-23)16-31-14-2-3-20(17-31)18-35-24-11-6-21(7-12-24)27-29-25-13-8-22(28(32)33)15-26(25)30-27/h4-13,15,20H,2-3,14,16-18H2,1H3,(H,29,30)(H,32,33). The topological polar surface area (TPSA) is 87.7 Å². The van der Waals surface area contributed by atoms with Crippen molar-refractivity contribution in [3.05, 3.63) is 77.9 Å². The van der Waals surface area contributed by atoms with E-state index in [0.29, 0.717) is 23.9 Å². The third kappa shape index (κ3) is 5.46. The molecule has 0 radical (unpaired) electrons. The first-order chi connectivity index (χ1) is 17.1. The van der Waals surface area contributed by atoms with Gasteiger partial charge >= 0.3 is 5.97 Å². The van der Waals surface area contributed by atoms with Gasteiger partial charge in [-0.05, 0) is 79.5 Å². The molecule has 1 atom stereocenters. The average molecular weight is 472 g/mol. The minimum Gasteiger partial charge on any atom is -0.497 e. The molecule has 35 heavy (non-hydrogen) atoms. The number of rotatable bonds is 8. The molecular formula is C28H29N3O4. The van der Waals surface area contributed by atoms with E-state index in [1.165, 1.54) is 18.4 Å². The first kappa shape index (κ1) is 22.9. The molecule has 1 unspecified atom stereocenters. The number of methoxy groups -OCH3 is 1. The van der Waals surface area contributed by atoms with Crippen molar-refractivity contribution in [1.29, 1.82) is 0 Å². The molecule has 2 N–H and O–H groups in total. The molecule has 7 heteroatoms. The summed E-state index contributed by atoms with van der Waals surface area (Å²) in [5, 5.41) is 9.19. The van der Waals surface area contributed by atoms with Gasteiger partial charge < -0.3 is 19.6 Å². The van der Waals surface area contributed by atoms with Crippen LogP contribution >= 0.6 is 0 Å². The molecule has 1 aromatic heterocycles. The number of likely N-dealkylation sites (tertiary alicyclic amines) is 1. The average Bonchev–Trinajstić information content (AvgIpc) is 3.32. The maximum atomic E-state index is 11.2. The first-order valence-corrected chi connectivity index (χ1v) is 11.9. The molecule has 1 aliphatic heterocycles.